The van der Waals surface area contributed by atoms with Gasteiger partial charge in [0.15, 0.2) is 5.71 Å². The van der Waals surface area contributed by atoms with E-state index in [2.05, 4.69) is 56.9 Å². The van der Waals surface area contributed by atoms with E-state index in [1.807, 2.05) is 13.0 Å². The maximum Gasteiger partial charge on any atom is 0.338 e. The van der Waals surface area contributed by atoms with E-state index < -0.39 is 5.97 Å². The largest absolute Gasteiger partial charge is 0.458 e. The molecule has 0 aromatic heterocycles. The van der Waals surface area contributed by atoms with Crippen molar-refractivity contribution in [1.29, 1.82) is 0 Å². The van der Waals surface area contributed by atoms with E-state index in [0.717, 1.165) is 19.3 Å². The van der Waals surface area contributed by atoms with Gasteiger partial charge in [0.05, 0.1) is 5.56 Å². The summed E-state index contributed by atoms with van der Waals surface area (Å²) in [6, 6.07) is 12.7. The van der Waals surface area contributed by atoms with Crippen LogP contribution >= 0.6 is 0 Å². The van der Waals surface area contributed by atoms with E-state index >= 15 is 0 Å². The number of esters is 1. The minimum atomic E-state index is -0.447. The number of nitrogens with zero attached hydrogens (tertiary/aromatic N) is 1. The number of hydrogen-bond acceptors (Lipinski definition) is 5. The van der Waals surface area contributed by atoms with Gasteiger partial charge in [-0.05, 0) is 71.6 Å². The predicted molar refractivity (Wildman–Crippen MR) is 140 cm³/mol. The van der Waals surface area contributed by atoms with Crippen molar-refractivity contribution in [2.24, 2.45) is 5.16 Å². The second kappa shape index (κ2) is 10.9. The molecular weight excluding hydrogens is 440 g/mol. The summed E-state index contributed by atoms with van der Waals surface area (Å²) in [6.07, 6.45) is 4.48. The van der Waals surface area contributed by atoms with Gasteiger partial charge in [-0.3, -0.25) is 4.79 Å². The van der Waals surface area contributed by atoms with Gasteiger partial charge < -0.3 is 14.9 Å². The minimum Gasteiger partial charge on any atom is -0.458 e. The highest BCUT2D eigenvalue weighted by Gasteiger charge is 2.37. The fraction of sp³-hybridized carbons (Fsp3) is 0.414. The first-order chi connectivity index (χ1) is 16.6. The zero-order valence-corrected chi connectivity index (χ0v) is 21.4. The molecule has 2 aromatic carbocycles. The number of anilines is 1. The van der Waals surface area contributed by atoms with Crippen LogP contribution in [0.1, 0.15) is 80.9 Å². The van der Waals surface area contributed by atoms with Crippen LogP contribution < -0.4 is 5.32 Å². The maximum atomic E-state index is 13.3. The van der Waals surface area contributed by atoms with Crippen LogP contribution in [0.3, 0.4) is 0 Å². The Labute approximate surface area is 208 Å². The van der Waals surface area contributed by atoms with Crippen LogP contribution in [0.25, 0.3) is 0 Å². The number of carbonyl (C=O) groups is 2. The molecule has 0 unspecified atom stereocenters. The summed E-state index contributed by atoms with van der Waals surface area (Å²) in [4.78, 5) is 30.7. The molecule has 0 bridgehead atoms. The van der Waals surface area contributed by atoms with Crippen LogP contribution in [0.15, 0.2) is 60.3 Å². The third-order valence-corrected chi connectivity index (χ3v) is 6.50. The molecule has 1 amide bonds. The number of oxime groups is 1. The van der Waals surface area contributed by atoms with Crippen molar-refractivity contribution in [3.05, 3.63) is 77.4 Å². The maximum absolute atomic E-state index is 13.3. The summed E-state index contributed by atoms with van der Waals surface area (Å²) in [5.41, 5.74) is 4.50. The molecular formula is C29H36N2O4. The molecule has 6 heteroatoms. The van der Waals surface area contributed by atoms with E-state index in [1.54, 1.807) is 24.3 Å². The topological polar surface area (TPSA) is 77.0 Å². The van der Waals surface area contributed by atoms with Gasteiger partial charge in [0.2, 0.25) is 0 Å². The Kier molecular flexibility index (Phi) is 8.15. The lowest BCUT2D eigenvalue weighted by Gasteiger charge is -2.42. The molecule has 2 aromatic rings. The van der Waals surface area contributed by atoms with Gasteiger partial charge in [0.1, 0.15) is 13.2 Å². The van der Waals surface area contributed by atoms with Crippen LogP contribution in [0.4, 0.5) is 5.69 Å². The highest BCUT2D eigenvalue weighted by molar-refractivity contribution is 6.48. The average molecular weight is 477 g/mol. The zero-order valence-electron chi connectivity index (χ0n) is 21.4. The second-order valence-corrected chi connectivity index (χ2v) is 10.2. The number of fused-ring (bicyclic) bond motifs is 1. The van der Waals surface area contributed by atoms with Gasteiger partial charge in [-0.25, -0.2) is 4.79 Å². The molecule has 0 atom stereocenters. The number of benzene rings is 2. The van der Waals surface area contributed by atoms with Gasteiger partial charge in [0, 0.05) is 11.3 Å². The molecule has 1 aliphatic carbocycles. The Morgan fingerprint density at radius 2 is 1.63 bits per heavy atom. The van der Waals surface area contributed by atoms with Crippen molar-refractivity contribution >= 4 is 23.3 Å². The molecule has 0 saturated carbocycles. The molecule has 35 heavy (non-hydrogen) atoms. The van der Waals surface area contributed by atoms with Gasteiger partial charge in [-0.1, -0.05) is 64.6 Å². The molecule has 6 nitrogen and oxygen atoms in total. The third kappa shape index (κ3) is 6.18. The normalized spacial score (nSPS) is 16.1. The molecule has 186 valence electrons. The number of amides is 1. The summed E-state index contributed by atoms with van der Waals surface area (Å²) < 4.78 is 5.05. The Bertz CT molecular complexity index is 1110. The van der Waals surface area contributed by atoms with Gasteiger partial charge in [-0.15, -0.1) is 0 Å². The number of hydrogen-bond donors (Lipinski definition) is 1. The fourth-order valence-corrected chi connectivity index (χ4v) is 4.26. The third-order valence-electron chi connectivity index (χ3n) is 6.50. The molecule has 0 saturated heterocycles. The Morgan fingerprint density at radius 1 is 1.00 bits per heavy atom. The smallest absolute Gasteiger partial charge is 0.338 e. The lowest BCUT2D eigenvalue weighted by molar-refractivity contribution is -0.110. The predicted octanol–water partition coefficient (Wildman–Crippen LogP) is 6.15. The molecule has 3 rings (SSSR count). The zero-order chi connectivity index (χ0) is 25.6. The number of rotatable bonds is 9. The fourth-order valence-electron chi connectivity index (χ4n) is 4.26. The van der Waals surface area contributed by atoms with Crippen LogP contribution in [-0.2, 0) is 25.2 Å². The lowest BCUT2D eigenvalue weighted by atomic mass is 9.63. The van der Waals surface area contributed by atoms with E-state index in [1.165, 1.54) is 17.2 Å². The summed E-state index contributed by atoms with van der Waals surface area (Å²) in [7, 11) is 0. The van der Waals surface area contributed by atoms with Crippen LogP contribution in [0.2, 0.25) is 0 Å². The molecule has 0 heterocycles. The molecule has 1 aliphatic rings. The summed E-state index contributed by atoms with van der Waals surface area (Å²) in [5, 5.41) is 7.09. The Balaban J connectivity index is 1.89. The van der Waals surface area contributed by atoms with Gasteiger partial charge in [-0.2, -0.15) is 0 Å². The van der Waals surface area contributed by atoms with E-state index in [4.69, 9.17) is 9.57 Å². The second-order valence-electron chi connectivity index (χ2n) is 10.2. The monoisotopic (exact) mass is 476 g/mol. The highest BCUT2D eigenvalue weighted by Crippen LogP contribution is 2.46. The average Bonchev–Trinajstić information content (AvgIpc) is 2.83. The molecule has 0 radical (unpaired) electrons. The first-order valence-electron chi connectivity index (χ1n) is 12.1. The number of nitrogens with one attached hydrogen (secondary N) is 1. The summed E-state index contributed by atoms with van der Waals surface area (Å²) in [6.45, 7) is 15.1. The number of carbonyl (C=O) groups excluding carboxylic acids is 2. The summed E-state index contributed by atoms with van der Waals surface area (Å²) in [5.74, 6) is -0.825. The van der Waals surface area contributed by atoms with E-state index in [-0.39, 0.29) is 29.1 Å². The van der Waals surface area contributed by atoms with E-state index in [9.17, 15) is 9.59 Å². The molecule has 0 spiro atoms. The van der Waals surface area contributed by atoms with Crippen molar-refractivity contribution in [1.82, 2.24) is 0 Å². The SMILES string of the molecule is C=CCOC(=O)c1ccc(NC(=O)C(=NOCCC)c2ccc3c(c2)C(C)(C)CCC3(C)C)cc1. The van der Waals surface area contributed by atoms with Crippen molar-refractivity contribution in [3.8, 4) is 0 Å². The highest BCUT2D eigenvalue weighted by atomic mass is 16.6. The quantitative estimate of drug-likeness (QED) is 0.155. The van der Waals surface area contributed by atoms with Crippen LogP contribution in [0.5, 0.6) is 0 Å². The Hall–Kier alpha value is -3.41. The standard InChI is InChI=1S/C29H36N2O4/c1-7-17-34-27(33)20-9-12-22(13-10-20)30-26(32)25(31-35-18-8-2)21-11-14-23-24(19-21)29(5,6)16-15-28(23,3)4/h7,9-14,19H,1,8,15-18H2,2-6H3,(H,30,32). The molecule has 0 aliphatic heterocycles. The van der Waals surface area contributed by atoms with Crippen molar-refractivity contribution in [3.63, 3.8) is 0 Å². The van der Waals surface area contributed by atoms with Crippen molar-refractivity contribution < 1.29 is 19.2 Å². The molecule has 1 N–H and O–H groups in total. The minimum absolute atomic E-state index is 0.00274. The van der Waals surface area contributed by atoms with Crippen LogP contribution in [0, 0.1) is 0 Å². The van der Waals surface area contributed by atoms with Crippen LogP contribution in [-0.4, -0.2) is 30.8 Å². The Morgan fingerprint density at radius 3 is 2.26 bits per heavy atom. The van der Waals surface area contributed by atoms with Gasteiger partial charge >= 0.3 is 5.97 Å². The van der Waals surface area contributed by atoms with Gasteiger partial charge in [0.25, 0.3) is 5.91 Å². The van der Waals surface area contributed by atoms with Crippen molar-refractivity contribution in [2.45, 2.75) is 64.7 Å². The summed E-state index contributed by atoms with van der Waals surface area (Å²) >= 11 is 0. The lowest BCUT2D eigenvalue weighted by Crippen LogP contribution is -2.34. The first-order valence-corrected chi connectivity index (χ1v) is 12.1. The number of ether oxygens (including phenoxy) is 1. The van der Waals surface area contributed by atoms with E-state index in [0.29, 0.717) is 23.4 Å². The van der Waals surface area contributed by atoms with Crippen molar-refractivity contribution in [2.75, 3.05) is 18.5 Å². The first kappa shape index (κ1) is 26.2. The molecule has 0 fully saturated rings.